The standard InChI is InChI=1S/C12H19N3O/c1-14-6-3-10(7-14)8-15(2)11(16)12(9-13)4-5-12/h10H,3-8H2,1-2H3. The zero-order chi connectivity index (χ0) is 11.8. The van der Waals surface area contributed by atoms with Gasteiger partial charge in [-0.1, -0.05) is 0 Å². The van der Waals surface area contributed by atoms with E-state index in [0.29, 0.717) is 5.92 Å². The van der Waals surface area contributed by atoms with Gasteiger partial charge in [0.25, 0.3) is 0 Å². The van der Waals surface area contributed by atoms with Crippen LogP contribution in [0.25, 0.3) is 0 Å². The van der Waals surface area contributed by atoms with Crippen molar-refractivity contribution in [2.45, 2.75) is 19.3 Å². The molecule has 1 amide bonds. The second-order valence-corrected chi connectivity index (χ2v) is 5.30. The summed E-state index contributed by atoms with van der Waals surface area (Å²) in [5.41, 5.74) is -0.654. The van der Waals surface area contributed by atoms with Gasteiger partial charge in [0, 0.05) is 20.1 Å². The molecule has 1 unspecified atom stereocenters. The highest BCUT2D eigenvalue weighted by Crippen LogP contribution is 2.46. The van der Waals surface area contributed by atoms with E-state index < -0.39 is 5.41 Å². The second kappa shape index (κ2) is 4.06. The molecule has 1 saturated carbocycles. The first-order chi connectivity index (χ1) is 7.57. The van der Waals surface area contributed by atoms with E-state index in [1.54, 1.807) is 4.90 Å². The van der Waals surface area contributed by atoms with Crippen molar-refractivity contribution in [3.8, 4) is 6.07 Å². The van der Waals surface area contributed by atoms with E-state index in [-0.39, 0.29) is 5.91 Å². The predicted octanol–water partition coefficient (Wildman–Crippen LogP) is 0.700. The number of hydrogen-bond donors (Lipinski definition) is 0. The lowest BCUT2D eigenvalue weighted by Gasteiger charge is -2.23. The van der Waals surface area contributed by atoms with Gasteiger partial charge in [0.15, 0.2) is 0 Å². The molecule has 0 aromatic heterocycles. The van der Waals surface area contributed by atoms with Crippen LogP contribution in [0, 0.1) is 22.7 Å². The summed E-state index contributed by atoms with van der Waals surface area (Å²) >= 11 is 0. The van der Waals surface area contributed by atoms with Crippen LogP contribution in [0.15, 0.2) is 0 Å². The summed E-state index contributed by atoms with van der Waals surface area (Å²) < 4.78 is 0. The summed E-state index contributed by atoms with van der Waals surface area (Å²) in [6.07, 6.45) is 2.65. The molecule has 4 heteroatoms. The molecule has 1 aliphatic carbocycles. The van der Waals surface area contributed by atoms with Gasteiger partial charge in [0.05, 0.1) is 6.07 Å². The first-order valence-electron chi connectivity index (χ1n) is 5.93. The number of nitrogens with zero attached hydrogens (tertiary/aromatic N) is 3. The first kappa shape index (κ1) is 11.4. The average Bonchev–Trinajstić information content (AvgIpc) is 2.97. The Labute approximate surface area is 96.8 Å². The largest absolute Gasteiger partial charge is 0.344 e. The van der Waals surface area contributed by atoms with E-state index in [4.69, 9.17) is 5.26 Å². The molecule has 88 valence electrons. The van der Waals surface area contributed by atoms with Gasteiger partial charge in [-0.2, -0.15) is 5.26 Å². The van der Waals surface area contributed by atoms with Crippen LogP contribution in [0.4, 0.5) is 0 Å². The fourth-order valence-corrected chi connectivity index (χ4v) is 2.51. The van der Waals surface area contributed by atoms with Gasteiger partial charge in [0.2, 0.25) is 5.91 Å². The molecule has 1 aliphatic heterocycles. The van der Waals surface area contributed by atoms with Gasteiger partial charge >= 0.3 is 0 Å². The van der Waals surface area contributed by atoms with Crippen molar-refractivity contribution in [2.75, 3.05) is 33.7 Å². The molecule has 4 nitrogen and oxygen atoms in total. The summed E-state index contributed by atoms with van der Waals surface area (Å²) in [5.74, 6) is 0.609. The third-order valence-electron chi connectivity index (χ3n) is 3.74. The molecule has 0 spiro atoms. The Hall–Kier alpha value is -1.08. The van der Waals surface area contributed by atoms with Crippen molar-refractivity contribution >= 4 is 5.91 Å². The van der Waals surface area contributed by atoms with Crippen LogP contribution < -0.4 is 0 Å². The van der Waals surface area contributed by atoms with Gasteiger partial charge in [-0.05, 0) is 38.8 Å². The van der Waals surface area contributed by atoms with Gasteiger partial charge in [-0.25, -0.2) is 0 Å². The summed E-state index contributed by atoms with van der Waals surface area (Å²) in [5, 5.41) is 8.97. The van der Waals surface area contributed by atoms with E-state index in [1.807, 2.05) is 7.05 Å². The Kier molecular flexibility index (Phi) is 2.90. The van der Waals surface area contributed by atoms with Crippen molar-refractivity contribution in [3.05, 3.63) is 0 Å². The van der Waals surface area contributed by atoms with Crippen molar-refractivity contribution in [2.24, 2.45) is 11.3 Å². The fourth-order valence-electron chi connectivity index (χ4n) is 2.51. The molecular formula is C12H19N3O. The Morgan fingerprint density at radius 3 is 2.75 bits per heavy atom. The average molecular weight is 221 g/mol. The molecule has 0 radical (unpaired) electrons. The first-order valence-corrected chi connectivity index (χ1v) is 5.93. The molecule has 1 saturated heterocycles. The van der Waals surface area contributed by atoms with E-state index in [0.717, 1.165) is 38.9 Å². The molecule has 2 fully saturated rings. The molecular weight excluding hydrogens is 202 g/mol. The van der Waals surface area contributed by atoms with Gasteiger partial charge in [0.1, 0.15) is 5.41 Å². The fraction of sp³-hybridized carbons (Fsp3) is 0.833. The molecule has 2 aliphatic rings. The summed E-state index contributed by atoms with van der Waals surface area (Å²) in [4.78, 5) is 16.1. The highest BCUT2D eigenvalue weighted by atomic mass is 16.2. The zero-order valence-corrected chi connectivity index (χ0v) is 10.1. The lowest BCUT2D eigenvalue weighted by Crippen LogP contribution is -2.37. The maximum absolute atomic E-state index is 12.0. The molecule has 16 heavy (non-hydrogen) atoms. The molecule has 0 aromatic carbocycles. The molecule has 0 aromatic rings. The normalized spacial score (nSPS) is 27.4. The SMILES string of the molecule is CN1CCC(CN(C)C(=O)C2(C#N)CC2)C1. The van der Waals surface area contributed by atoms with Crippen molar-refractivity contribution in [3.63, 3.8) is 0 Å². The molecule has 1 heterocycles. The number of carbonyl (C=O) groups excluding carboxylic acids is 1. The van der Waals surface area contributed by atoms with Gasteiger partial charge in [-0.3, -0.25) is 4.79 Å². The number of amides is 1. The lowest BCUT2D eigenvalue weighted by molar-refractivity contribution is -0.134. The van der Waals surface area contributed by atoms with E-state index in [2.05, 4.69) is 18.0 Å². The minimum atomic E-state index is -0.654. The van der Waals surface area contributed by atoms with E-state index in [1.165, 1.54) is 0 Å². The highest BCUT2D eigenvalue weighted by molar-refractivity contribution is 5.88. The molecule has 1 atom stereocenters. The topological polar surface area (TPSA) is 47.3 Å². The molecule has 0 N–H and O–H groups in total. The number of likely N-dealkylation sites (tertiary alicyclic amines) is 1. The monoisotopic (exact) mass is 221 g/mol. The van der Waals surface area contributed by atoms with Crippen LogP contribution in [-0.2, 0) is 4.79 Å². The van der Waals surface area contributed by atoms with Crippen molar-refractivity contribution in [1.82, 2.24) is 9.80 Å². The highest BCUT2D eigenvalue weighted by Gasteiger charge is 2.52. The minimum absolute atomic E-state index is 0.0320. The number of hydrogen-bond acceptors (Lipinski definition) is 3. The predicted molar refractivity (Wildman–Crippen MR) is 60.5 cm³/mol. The Morgan fingerprint density at radius 1 is 1.62 bits per heavy atom. The van der Waals surface area contributed by atoms with Crippen LogP contribution in [-0.4, -0.2) is 49.4 Å². The summed E-state index contributed by atoms with van der Waals surface area (Å²) in [6.45, 7) is 2.99. The number of rotatable bonds is 3. The third-order valence-corrected chi connectivity index (χ3v) is 3.74. The molecule has 0 bridgehead atoms. The van der Waals surface area contributed by atoms with Crippen molar-refractivity contribution in [1.29, 1.82) is 5.26 Å². The number of carbonyl (C=O) groups is 1. The lowest BCUT2D eigenvalue weighted by atomic mass is 10.1. The van der Waals surface area contributed by atoms with Crippen LogP contribution >= 0.6 is 0 Å². The summed E-state index contributed by atoms with van der Waals surface area (Å²) in [6, 6.07) is 2.17. The van der Waals surface area contributed by atoms with Crippen LogP contribution in [0.2, 0.25) is 0 Å². The molecule has 2 rings (SSSR count). The maximum atomic E-state index is 12.0. The van der Waals surface area contributed by atoms with Crippen LogP contribution in [0.1, 0.15) is 19.3 Å². The minimum Gasteiger partial charge on any atom is -0.344 e. The smallest absolute Gasteiger partial charge is 0.242 e. The Bertz CT molecular complexity index is 330. The van der Waals surface area contributed by atoms with Crippen molar-refractivity contribution < 1.29 is 4.79 Å². The Balaban J connectivity index is 1.87. The second-order valence-electron chi connectivity index (χ2n) is 5.30. The van der Waals surface area contributed by atoms with Crippen LogP contribution in [0.3, 0.4) is 0 Å². The van der Waals surface area contributed by atoms with Gasteiger partial charge < -0.3 is 9.80 Å². The Morgan fingerprint density at radius 2 is 2.31 bits per heavy atom. The summed E-state index contributed by atoms with van der Waals surface area (Å²) in [7, 11) is 3.94. The number of nitriles is 1. The van der Waals surface area contributed by atoms with Gasteiger partial charge in [-0.15, -0.1) is 0 Å². The third kappa shape index (κ3) is 2.05. The van der Waals surface area contributed by atoms with E-state index in [9.17, 15) is 4.79 Å². The zero-order valence-electron chi connectivity index (χ0n) is 10.1. The van der Waals surface area contributed by atoms with E-state index >= 15 is 0 Å². The quantitative estimate of drug-likeness (QED) is 0.705. The maximum Gasteiger partial charge on any atom is 0.242 e. The van der Waals surface area contributed by atoms with Crippen LogP contribution in [0.5, 0.6) is 0 Å².